The Morgan fingerprint density at radius 3 is 2.81 bits per heavy atom. The molecule has 0 spiro atoms. The Morgan fingerprint density at radius 2 is 2.19 bits per heavy atom. The Morgan fingerprint density at radius 1 is 1.48 bits per heavy atom. The van der Waals surface area contributed by atoms with Gasteiger partial charge in [-0.2, -0.15) is 11.8 Å². The molecule has 0 saturated heterocycles. The molecule has 114 valence electrons. The van der Waals surface area contributed by atoms with Crippen LogP contribution in [-0.4, -0.2) is 53.6 Å². The van der Waals surface area contributed by atoms with Gasteiger partial charge < -0.3 is 10.0 Å². The number of hydrogen-bond donors (Lipinski definition) is 1. The van der Waals surface area contributed by atoms with Crippen molar-refractivity contribution in [3.05, 3.63) is 29.3 Å². The molecule has 21 heavy (non-hydrogen) atoms. The summed E-state index contributed by atoms with van der Waals surface area (Å²) in [5.41, 5.74) is 2.02. The van der Waals surface area contributed by atoms with E-state index in [1.54, 1.807) is 39.8 Å². The third kappa shape index (κ3) is 3.15. The number of carboxylic acid groups (broad SMARTS) is 1. The standard InChI is InChI=1S/C15H20N2O3S/c1-10(9-21-3)16(2)15(20)17-7-6-11-8-12(14(18)19)4-5-13(11)17/h4-5,8,10H,6-7,9H2,1-3H3,(H,18,19). The van der Waals surface area contributed by atoms with Gasteiger partial charge >= 0.3 is 12.0 Å². The van der Waals surface area contributed by atoms with Crippen molar-refractivity contribution in [3.63, 3.8) is 0 Å². The van der Waals surface area contributed by atoms with Crippen molar-refractivity contribution in [2.24, 2.45) is 0 Å². The van der Waals surface area contributed by atoms with Crippen LogP contribution in [0.4, 0.5) is 10.5 Å². The summed E-state index contributed by atoms with van der Waals surface area (Å²) in [7, 11) is 1.81. The van der Waals surface area contributed by atoms with Crippen molar-refractivity contribution in [2.75, 3.05) is 30.5 Å². The summed E-state index contributed by atoms with van der Waals surface area (Å²) in [6.45, 7) is 2.63. The number of rotatable bonds is 4. The molecule has 6 heteroatoms. The highest BCUT2D eigenvalue weighted by atomic mass is 32.2. The van der Waals surface area contributed by atoms with Crippen molar-refractivity contribution in [2.45, 2.75) is 19.4 Å². The molecule has 0 aromatic heterocycles. The number of aromatic carboxylic acids is 1. The van der Waals surface area contributed by atoms with Crippen LogP contribution in [0.1, 0.15) is 22.8 Å². The minimum atomic E-state index is -0.937. The fraction of sp³-hybridized carbons (Fsp3) is 0.467. The van der Waals surface area contributed by atoms with Gasteiger partial charge in [-0.3, -0.25) is 4.90 Å². The smallest absolute Gasteiger partial charge is 0.335 e. The molecule has 5 nitrogen and oxygen atoms in total. The number of carbonyl (C=O) groups excluding carboxylic acids is 1. The van der Waals surface area contributed by atoms with Crippen LogP contribution < -0.4 is 4.90 Å². The zero-order valence-electron chi connectivity index (χ0n) is 12.5. The number of carboxylic acids is 1. The van der Waals surface area contributed by atoms with E-state index in [-0.39, 0.29) is 17.6 Å². The largest absolute Gasteiger partial charge is 0.478 e. The Kier molecular flexibility index (Phi) is 4.77. The van der Waals surface area contributed by atoms with Crippen LogP contribution in [0.15, 0.2) is 18.2 Å². The molecular weight excluding hydrogens is 288 g/mol. The molecule has 0 saturated carbocycles. The number of urea groups is 1. The highest BCUT2D eigenvalue weighted by Gasteiger charge is 2.29. The number of amides is 2. The first-order valence-electron chi connectivity index (χ1n) is 6.85. The second-order valence-corrected chi connectivity index (χ2v) is 6.16. The highest BCUT2D eigenvalue weighted by Crippen LogP contribution is 2.30. The molecule has 1 aliphatic heterocycles. The molecule has 1 aromatic rings. The average molecular weight is 308 g/mol. The minimum absolute atomic E-state index is 0.0293. The van der Waals surface area contributed by atoms with Gasteiger partial charge in [-0.1, -0.05) is 0 Å². The Bertz CT molecular complexity index is 562. The van der Waals surface area contributed by atoms with E-state index in [0.29, 0.717) is 13.0 Å². The number of anilines is 1. The number of carbonyl (C=O) groups is 2. The SMILES string of the molecule is CSCC(C)N(C)C(=O)N1CCc2cc(C(=O)O)ccc21. The van der Waals surface area contributed by atoms with E-state index < -0.39 is 5.97 Å². The van der Waals surface area contributed by atoms with Gasteiger partial charge in [-0.25, -0.2) is 9.59 Å². The fourth-order valence-electron chi connectivity index (χ4n) is 2.47. The summed E-state index contributed by atoms with van der Waals surface area (Å²) in [6, 6.07) is 5.08. The lowest BCUT2D eigenvalue weighted by Gasteiger charge is -2.29. The first kappa shape index (κ1) is 15.7. The predicted molar refractivity (Wildman–Crippen MR) is 85.5 cm³/mol. The lowest BCUT2D eigenvalue weighted by atomic mass is 10.1. The van der Waals surface area contributed by atoms with Crippen molar-refractivity contribution >= 4 is 29.4 Å². The van der Waals surface area contributed by atoms with Gasteiger partial charge in [-0.05, 0) is 43.4 Å². The zero-order valence-corrected chi connectivity index (χ0v) is 13.3. The topological polar surface area (TPSA) is 60.9 Å². The summed E-state index contributed by atoms with van der Waals surface area (Å²) in [5, 5.41) is 9.02. The third-order valence-electron chi connectivity index (χ3n) is 3.82. The molecular formula is C15H20N2O3S. The van der Waals surface area contributed by atoms with Crippen molar-refractivity contribution in [3.8, 4) is 0 Å². The first-order chi connectivity index (χ1) is 9.95. The van der Waals surface area contributed by atoms with Crippen LogP contribution in [0.25, 0.3) is 0 Å². The van der Waals surface area contributed by atoms with E-state index in [1.807, 2.05) is 20.2 Å². The minimum Gasteiger partial charge on any atom is -0.478 e. The van der Waals surface area contributed by atoms with E-state index in [1.165, 1.54) is 0 Å². The molecule has 1 unspecified atom stereocenters. The predicted octanol–water partition coefficient (Wildman–Crippen LogP) is 2.55. The molecule has 2 amide bonds. The van der Waals surface area contributed by atoms with Gasteiger partial charge in [0.25, 0.3) is 0 Å². The van der Waals surface area contributed by atoms with Crippen molar-refractivity contribution in [1.82, 2.24) is 4.90 Å². The molecule has 0 radical (unpaired) electrons. The molecule has 1 heterocycles. The van der Waals surface area contributed by atoms with Crippen LogP contribution in [0, 0.1) is 0 Å². The van der Waals surface area contributed by atoms with E-state index in [9.17, 15) is 9.59 Å². The van der Waals surface area contributed by atoms with E-state index >= 15 is 0 Å². The number of benzene rings is 1. The van der Waals surface area contributed by atoms with E-state index in [0.717, 1.165) is 17.0 Å². The Hall–Kier alpha value is -1.69. The quantitative estimate of drug-likeness (QED) is 0.928. The number of nitrogens with zero attached hydrogens (tertiary/aromatic N) is 2. The number of fused-ring (bicyclic) bond motifs is 1. The Balaban J connectivity index is 2.19. The molecule has 1 N–H and O–H groups in total. The average Bonchev–Trinajstić information content (AvgIpc) is 2.88. The zero-order chi connectivity index (χ0) is 15.6. The van der Waals surface area contributed by atoms with Gasteiger partial charge in [0.15, 0.2) is 0 Å². The first-order valence-corrected chi connectivity index (χ1v) is 8.24. The van der Waals surface area contributed by atoms with E-state index in [4.69, 9.17) is 5.11 Å². The molecule has 0 fully saturated rings. The molecule has 1 aromatic carbocycles. The molecule has 0 bridgehead atoms. The highest BCUT2D eigenvalue weighted by molar-refractivity contribution is 7.98. The van der Waals surface area contributed by atoms with Gasteiger partial charge in [0.2, 0.25) is 0 Å². The summed E-state index contributed by atoms with van der Waals surface area (Å²) in [4.78, 5) is 27.0. The maximum atomic E-state index is 12.6. The number of hydrogen-bond acceptors (Lipinski definition) is 3. The summed E-state index contributed by atoms with van der Waals surface area (Å²) >= 11 is 1.71. The molecule has 1 aliphatic rings. The second-order valence-electron chi connectivity index (χ2n) is 5.25. The molecule has 2 rings (SSSR count). The molecule has 1 atom stereocenters. The van der Waals surface area contributed by atoms with Gasteiger partial charge in [0.05, 0.1) is 5.56 Å². The van der Waals surface area contributed by atoms with Crippen LogP contribution in [0.5, 0.6) is 0 Å². The van der Waals surface area contributed by atoms with Gasteiger partial charge in [-0.15, -0.1) is 0 Å². The maximum absolute atomic E-state index is 12.6. The van der Waals surface area contributed by atoms with Crippen LogP contribution in [0.3, 0.4) is 0 Å². The second kappa shape index (κ2) is 6.39. The monoisotopic (exact) mass is 308 g/mol. The maximum Gasteiger partial charge on any atom is 0.335 e. The fourth-order valence-corrected chi connectivity index (χ4v) is 3.17. The van der Waals surface area contributed by atoms with Crippen LogP contribution >= 0.6 is 11.8 Å². The number of thioether (sulfide) groups is 1. The Labute approximate surface area is 128 Å². The lowest BCUT2D eigenvalue weighted by molar-refractivity contribution is 0.0697. The molecule has 0 aliphatic carbocycles. The van der Waals surface area contributed by atoms with Gasteiger partial charge in [0, 0.05) is 31.1 Å². The summed E-state index contributed by atoms with van der Waals surface area (Å²) < 4.78 is 0. The lowest BCUT2D eigenvalue weighted by Crippen LogP contribution is -2.45. The van der Waals surface area contributed by atoms with E-state index in [2.05, 4.69) is 0 Å². The van der Waals surface area contributed by atoms with Crippen molar-refractivity contribution in [1.29, 1.82) is 0 Å². The van der Waals surface area contributed by atoms with Gasteiger partial charge in [0.1, 0.15) is 0 Å². The normalized spacial score (nSPS) is 14.7. The van der Waals surface area contributed by atoms with Crippen molar-refractivity contribution < 1.29 is 14.7 Å². The summed E-state index contributed by atoms with van der Waals surface area (Å²) in [6.07, 6.45) is 2.72. The van der Waals surface area contributed by atoms with Crippen LogP contribution in [0.2, 0.25) is 0 Å². The summed E-state index contributed by atoms with van der Waals surface area (Å²) in [5.74, 6) is -0.0470. The third-order valence-corrected chi connectivity index (χ3v) is 4.64. The van der Waals surface area contributed by atoms with Crippen LogP contribution in [-0.2, 0) is 6.42 Å².